The topological polar surface area (TPSA) is 14.2 Å². The van der Waals surface area contributed by atoms with Gasteiger partial charge in [0.05, 0.1) is 11.0 Å². The van der Waals surface area contributed by atoms with E-state index in [4.69, 9.17) is 4.74 Å². The van der Waals surface area contributed by atoms with Gasteiger partial charge in [-0.25, -0.2) is 0 Å². The zero-order valence-corrected chi connectivity index (χ0v) is 26.7. The largest absolute Gasteiger partial charge is 0.458 e. The number of ether oxygens (including phenoxy) is 1. The normalized spacial score (nSPS) is 13.6. The first-order valence-corrected chi connectivity index (χ1v) is 18.5. The van der Waals surface area contributed by atoms with Crippen LogP contribution < -0.4 is 25.5 Å². The van der Waals surface area contributed by atoms with Gasteiger partial charge in [-0.2, -0.15) is 0 Å². The van der Waals surface area contributed by atoms with Crippen LogP contribution in [0.5, 0.6) is 11.5 Å². The lowest BCUT2D eigenvalue weighted by molar-refractivity contribution is 0.487. The molecule has 0 saturated heterocycles. The lowest BCUT2D eigenvalue weighted by atomic mass is 10.1. The lowest BCUT2D eigenvalue weighted by Crippen LogP contribution is -2.76. The first-order chi connectivity index (χ1) is 22.8. The van der Waals surface area contributed by atoms with Gasteiger partial charge in [-0.1, -0.05) is 115 Å². The van der Waals surface area contributed by atoms with E-state index in [9.17, 15) is 0 Å². The number of aromatic nitrogens is 1. The van der Waals surface area contributed by atoms with Gasteiger partial charge in [-0.3, -0.25) is 0 Å². The smallest absolute Gasteiger partial charge is 0.188 e. The number of hydrogen-bond acceptors (Lipinski definition) is 2. The molecule has 1 aliphatic heterocycles. The Hall–Kier alpha value is -5.42. The summed E-state index contributed by atoms with van der Waals surface area (Å²) in [5, 5.41) is 10.5. The van der Waals surface area contributed by atoms with E-state index in [1.165, 1.54) is 68.4 Å². The quantitative estimate of drug-likeness (QED) is 0.180. The van der Waals surface area contributed by atoms with Crippen molar-refractivity contribution < 1.29 is 4.74 Å². The Morgan fingerprint density at radius 2 is 0.978 bits per heavy atom. The Balaban J connectivity index is 1.27. The van der Waals surface area contributed by atoms with Crippen LogP contribution >= 0.6 is 11.3 Å². The SMILES string of the molecule is c1ccc([Si]2(c3ccc4sc5ccc(-n6c7ccccc7c7ccccc76)cc5c4c3)c3ccccc3Oc3ccccc32)cc1. The van der Waals surface area contributed by atoms with Crippen molar-refractivity contribution in [3.63, 3.8) is 0 Å². The first kappa shape index (κ1) is 25.9. The summed E-state index contributed by atoms with van der Waals surface area (Å²) in [6.07, 6.45) is 0. The second kappa shape index (κ2) is 9.79. The van der Waals surface area contributed by atoms with Crippen molar-refractivity contribution in [2.45, 2.75) is 0 Å². The van der Waals surface area contributed by atoms with Crippen LogP contribution in [0.25, 0.3) is 47.7 Å². The summed E-state index contributed by atoms with van der Waals surface area (Å²) in [7, 11) is -2.72. The van der Waals surface area contributed by atoms with Gasteiger partial charge in [0.1, 0.15) is 11.5 Å². The summed E-state index contributed by atoms with van der Waals surface area (Å²) in [5.41, 5.74) is 3.65. The second-order valence-electron chi connectivity index (χ2n) is 12.1. The molecule has 0 radical (unpaired) electrons. The van der Waals surface area contributed by atoms with Crippen molar-refractivity contribution in [3.8, 4) is 17.2 Å². The van der Waals surface area contributed by atoms with E-state index < -0.39 is 8.07 Å². The molecule has 10 rings (SSSR count). The average molecular weight is 622 g/mol. The van der Waals surface area contributed by atoms with E-state index in [-0.39, 0.29) is 0 Å². The third-order valence-electron chi connectivity index (χ3n) is 9.73. The molecule has 0 N–H and O–H groups in total. The molecule has 0 unspecified atom stereocenters. The molecule has 0 aliphatic carbocycles. The Labute approximate surface area is 271 Å². The molecule has 0 atom stereocenters. The van der Waals surface area contributed by atoms with Crippen LogP contribution in [0.3, 0.4) is 0 Å². The number of fused-ring (bicyclic) bond motifs is 8. The van der Waals surface area contributed by atoms with Gasteiger partial charge >= 0.3 is 0 Å². The standard InChI is InChI=1S/C42H27NOSSi/c1-2-12-29(13-3-1)46(41-20-10-8-18-37(41)44-38-19-9-11-21-42(38)46)30-23-25-40-34(27-30)33-26-28(22-24-39(33)45-40)43-35-16-6-4-14-31(35)32-15-5-7-17-36(32)43/h1-27H. The maximum Gasteiger partial charge on any atom is 0.188 e. The third kappa shape index (κ3) is 3.51. The molecule has 7 aromatic carbocycles. The molecule has 0 fully saturated rings. The lowest BCUT2D eigenvalue weighted by Gasteiger charge is -2.39. The van der Waals surface area contributed by atoms with Gasteiger partial charge < -0.3 is 9.30 Å². The molecular formula is C42H27NOSSi. The molecular weight excluding hydrogens is 595 g/mol. The molecule has 0 bridgehead atoms. The number of rotatable bonds is 3. The van der Waals surface area contributed by atoms with Crippen LogP contribution in [0.1, 0.15) is 0 Å². The maximum atomic E-state index is 6.58. The number of hydrogen-bond donors (Lipinski definition) is 0. The minimum atomic E-state index is -2.72. The Bertz CT molecular complexity index is 2530. The van der Waals surface area contributed by atoms with E-state index in [1.807, 2.05) is 11.3 Å². The van der Waals surface area contributed by atoms with E-state index in [2.05, 4.69) is 168 Å². The summed E-state index contributed by atoms with van der Waals surface area (Å²) in [5.74, 6) is 1.92. The molecule has 0 amide bonds. The van der Waals surface area contributed by atoms with Crippen molar-refractivity contribution in [2.75, 3.05) is 0 Å². The molecule has 2 aromatic heterocycles. The molecule has 46 heavy (non-hydrogen) atoms. The summed E-state index contributed by atoms with van der Waals surface area (Å²) in [4.78, 5) is 0. The zero-order chi connectivity index (χ0) is 30.2. The Morgan fingerprint density at radius 3 is 1.65 bits per heavy atom. The minimum Gasteiger partial charge on any atom is -0.458 e. The predicted molar refractivity (Wildman–Crippen MR) is 197 cm³/mol. The van der Waals surface area contributed by atoms with Gasteiger partial charge in [-0.15, -0.1) is 11.3 Å². The van der Waals surface area contributed by atoms with Gasteiger partial charge in [0.25, 0.3) is 0 Å². The molecule has 1 aliphatic rings. The highest BCUT2D eigenvalue weighted by molar-refractivity contribution is 7.26. The van der Waals surface area contributed by atoms with Crippen molar-refractivity contribution in [1.29, 1.82) is 0 Å². The van der Waals surface area contributed by atoms with Crippen molar-refractivity contribution in [3.05, 3.63) is 164 Å². The van der Waals surface area contributed by atoms with Crippen molar-refractivity contribution >= 4 is 82.1 Å². The van der Waals surface area contributed by atoms with E-state index in [1.54, 1.807) is 0 Å². The fourth-order valence-corrected chi connectivity index (χ4v) is 13.8. The van der Waals surface area contributed by atoms with E-state index in [0.717, 1.165) is 11.5 Å². The summed E-state index contributed by atoms with van der Waals surface area (Å²) in [6.45, 7) is 0. The van der Waals surface area contributed by atoms with Crippen molar-refractivity contribution in [2.24, 2.45) is 0 Å². The molecule has 0 spiro atoms. The molecule has 4 heteroatoms. The van der Waals surface area contributed by atoms with Crippen LogP contribution in [0.4, 0.5) is 0 Å². The highest BCUT2D eigenvalue weighted by Crippen LogP contribution is 2.38. The maximum absolute atomic E-state index is 6.58. The zero-order valence-electron chi connectivity index (χ0n) is 24.9. The molecule has 9 aromatic rings. The molecule has 2 nitrogen and oxygen atoms in total. The van der Waals surface area contributed by atoms with Crippen LogP contribution in [0.2, 0.25) is 0 Å². The first-order valence-electron chi connectivity index (χ1n) is 15.7. The minimum absolute atomic E-state index is 0.959. The Kier molecular flexibility index (Phi) is 5.50. The molecule has 0 saturated carbocycles. The van der Waals surface area contributed by atoms with Gasteiger partial charge in [0, 0.05) is 36.6 Å². The fourth-order valence-electron chi connectivity index (χ4n) is 7.81. The highest BCUT2D eigenvalue weighted by atomic mass is 32.1. The average Bonchev–Trinajstić information content (AvgIpc) is 3.66. The van der Waals surface area contributed by atoms with Crippen LogP contribution in [0.15, 0.2) is 164 Å². The second-order valence-corrected chi connectivity index (χ2v) is 16.9. The third-order valence-corrected chi connectivity index (χ3v) is 15.7. The monoisotopic (exact) mass is 621 g/mol. The van der Waals surface area contributed by atoms with Crippen molar-refractivity contribution in [1.82, 2.24) is 4.57 Å². The fraction of sp³-hybridized carbons (Fsp3) is 0. The van der Waals surface area contributed by atoms with Crippen LogP contribution in [-0.4, -0.2) is 12.6 Å². The number of nitrogens with zero attached hydrogens (tertiary/aromatic N) is 1. The summed E-state index contributed by atoms with van der Waals surface area (Å²) in [6, 6.07) is 60.2. The van der Waals surface area contributed by atoms with Crippen LogP contribution in [-0.2, 0) is 0 Å². The highest BCUT2D eigenvalue weighted by Gasteiger charge is 2.47. The van der Waals surface area contributed by atoms with E-state index in [0.29, 0.717) is 0 Å². The van der Waals surface area contributed by atoms with Gasteiger partial charge in [0.2, 0.25) is 0 Å². The number of thiophene rings is 1. The van der Waals surface area contributed by atoms with Crippen LogP contribution in [0, 0.1) is 0 Å². The van der Waals surface area contributed by atoms with Gasteiger partial charge in [-0.05, 0) is 69.3 Å². The Morgan fingerprint density at radius 1 is 0.435 bits per heavy atom. The predicted octanol–water partition coefficient (Wildman–Crippen LogP) is 8.63. The molecule has 216 valence electrons. The van der Waals surface area contributed by atoms with E-state index >= 15 is 0 Å². The number of para-hydroxylation sites is 4. The molecule has 3 heterocycles. The number of benzene rings is 7. The summed E-state index contributed by atoms with van der Waals surface area (Å²) < 4.78 is 11.6. The summed E-state index contributed by atoms with van der Waals surface area (Å²) >= 11 is 1.88. The van der Waals surface area contributed by atoms with Gasteiger partial charge in [0.15, 0.2) is 8.07 Å².